The molecule has 0 aliphatic rings. The van der Waals surface area contributed by atoms with Gasteiger partial charge in [0.05, 0.1) is 36.7 Å². The van der Waals surface area contributed by atoms with Crippen LogP contribution in [0.15, 0.2) is 96.1 Å². The highest BCUT2D eigenvalue weighted by molar-refractivity contribution is 6.09. The molecule has 9 nitrogen and oxygen atoms in total. The van der Waals surface area contributed by atoms with Gasteiger partial charge in [0.15, 0.2) is 11.5 Å². The molecule has 0 fully saturated rings. The minimum atomic E-state index is -0.513. The van der Waals surface area contributed by atoms with Gasteiger partial charge >= 0.3 is 5.97 Å². The molecule has 0 aromatic heterocycles. The molecule has 4 aromatic carbocycles. The van der Waals surface area contributed by atoms with E-state index in [-0.39, 0.29) is 17.2 Å². The molecule has 0 bridgehead atoms. The van der Waals surface area contributed by atoms with Crippen molar-refractivity contribution in [3.8, 4) is 17.2 Å². The number of aryl methyl sites for hydroxylation is 1. The van der Waals surface area contributed by atoms with Crippen molar-refractivity contribution in [2.75, 3.05) is 19.0 Å². The predicted molar refractivity (Wildman–Crippen MR) is 156 cm³/mol. The minimum Gasteiger partial charge on any atom is -0.497 e. The van der Waals surface area contributed by atoms with E-state index in [2.05, 4.69) is 15.8 Å². The number of ether oxygens (including phenoxy) is 3. The summed E-state index contributed by atoms with van der Waals surface area (Å²) in [5, 5.41) is 6.81. The van der Waals surface area contributed by atoms with Crippen molar-refractivity contribution in [2.24, 2.45) is 5.10 Å². The van der Waals surface area contributed by atoms with Crippen LogP contribution in [-0.4, -0.2) is 37.7 Å². The third-order valence-corrected chi connectivity index (χ3v) is 5.88. The second-order valence-corrected chi connectivity index (χ2v) is 8.83. The molecular formula is C32H29N3O6. The third-order valence-electron chi connectivity index (χ3n) is 5.88. The first-order valence-electron chi connectivity index (χ1n) is 12.8. The molecule has 2 N–H and O–H groups in total. The predicted octanol–water partition coefficient (Wildman–Crippen LogP) is 5.64. The van der Waals surface area contributed by atoms with Crippen LogP contribution >= 0.6 is 0 Å². The van der Waals surface area contributed by atoms with E-state index < -0.39 is 11.9 Å². The molecule has 0 unspecified atom stereocenters. The average molecular weight is 552 g/mol. The highest BCUT2D eigenvalue weighted by Gasteiger charge is 2.15. The van der Waals surface area contributed by atoms with E-state index in [1.807, 2.05) is 19.9 Å². The number of esters is 1. The lowest BCUT2D eigenvalue weighted by Gasteiger charge is -2.12. The van der Waals surface area contributed by atoms with E-state index in [0.717, 1.165) is 5.56 Å². The Labute approximate surface area is 237 Å². The summed E-state index contributed by atoms with van der Waals surface area (Å²) in [6, 6.07) is 25.3. The molecule has 0 saturated carbocycles. The minimum absolute atomic E-state index is 0.236. The van der Waals surface area contributed by atoms with Gasteiger partial charge in [-0.1, -0.05) is 29.8 Å². The molecule has 208 valence electrons. The first kappa shape index (κ1) is 28.6. The van der Waals surface area contributed by atoms with Crippen molar-refractivity contribution in [1.29, 1.82) is 0 Å². The summed E-state index contributed by atoms with van der Waals surface area (Å²) in [4.78, 5) is 38.2. The molecule has 4 rings (SSSR count). The number of hydrogen-bond donors (Lipinski definition) is 2. The van der Waals surface area contributed by atoms with E-state index in [4.69, 9.17) is 14.2 Å². The third kappa shape index (κ3) is 7.57. The van der Waals surface area contributed by atoms with E-state index in [1.54, 1.807) is 92.0 Å². The number of para-hydroxylation sites is 1. The molecule has 0 aliphatic heterocycles. The molecule has 0 spiro atoms. The second-order valence-electron chi connectivity index (χ2n) is 8.83. The Bertz CT molecular complexity index is 1580. The Kier molecular flexibility index (Phi) is 9.45. The lowest BCUT2D eigenvalue weighted by molar-refractivity contribution is 0.0727. The van der Waals surface area contributed by atoms with Gasteiger partial charge < -0.3 is 19.5 Å². The van der Waals surface area contributed by atoms with Crippen molar-refractivity contribution in [1.82, 2.24) is 5.43 Å². The van der Waals surface area contributed by atoms with Gasteiger partial charge in [0.25, 0.3) is 11.8 Å². The summed E-state index contributed by atoms with van der Waals surface area (Å²) in [7, 11) is 1.55. The van der Waals surface area contributed by atoms with Crippen LogP contribution in [0.1, 0.15) is 49.1 Å². The van der Waals surface area contributed by atoms with Crippen molar-refractivity contribution in [2.45, 2.75) is 13.8 Å². The Hall–Kier alpha value is -5.44. The number of methoxy groups -OCH3 is 1. The molecule has 0 heterocycles. The highest BCUT2D eigenvalue weighted by Crippen LogP contribution is 2.29. The van der Waals surface area contributed by atoms with Crippen LogP contribution in [0.3, 0.4) is 0 Å². The molecular weight excluding hydrogens is 522 g/mol. The zero-order valence-electron chi connectivity index (χ0n) is 22.8. The maximum atomic E-state index is 12.9. The standard InChI is InChI=1S/C32H29N3O6/c1-4-40-29-19-22(12-17-28(29)41-32(38)24-9-7-8-21(2)18-24)20-33-35-31(37)26-10-5-6-11-27(26)34-30(36)23-13-15-25(39-3)16-14-23/h5-20H,4H2,1-3H3,(H,34,36)(H,35,37)/b33-20-. The normalized spacial score (nSPS) is 10.6. The highest BCUT2D eigenvalue weighted by atomic mass is 16.6. The summed E-state index contributed by atoms with van der Waals surface area (Å²) in [6.45, 7) is 4.07. The lowest BCUT2D eigenvalue weighted by atomic mass is 10.1. The molecule has 0 radical (unpaired) electrons. The molecule has 4 aromatic rings. The molecule has 0 aliphatic carbocycles. The average Bonchev–Trinajstić information content (AvgIpc) is 2.98. The zero-order chi connectivity index (χ0) is 29.2. The largest absolute Gasteiger partial charge is 0.497 e. The van der Waals surface area contributed by atoms with E-state index in [0.29, 0.717) is 40.5 Å². The Morgan fingerprint density at radius 3 is 2.34 bits per heavy atom. The van der Waals surface area contributed by atoms with Gasteiger partial charge in [0.1, 0.15) is 5.75 Å². The van der Waals surface area contributed by atoms with E-state index in [1.165, 1.54) is 6.21 Å². The molecule has 0 saturated heterocycles. The summed E-state index contributed by atoms with van der Waals surface area (Å²) in [5.41, 5.74) is 5.44. The lowest BCUT2D eigenvalue weighted by Crippen LogP contribution is -2.21. The molecule has 0 atom stereocenters. The van der Waals surface area contributed by atoms with Gasteiger partial charge in [0, 0.05) is 5.56 Å². The van der Waals surface area contributed by atoms with Gasteiger partial charge in [-0.2, -0.15) is 5.10 Å². The number of nitrogens with zero attached hydrogens (tertiary/aromatic N) is 1. The quantitative estimate of drug-likeness (QED) is 0.114. The topological polar surface area (TPSA) is 115 Å². The summed E-state index contributed by atoms with van der Waals surface area (Å²) in [6.07, 6.45) is 1.44. The van der Waals surface area contributed by atoms with Crippen LogP contribution in [0.2, 0.25) is 0 Å². The van der Waals surface area contributed by atoms with Gasteiger partial charge in [0.2, 0.25) is 0 Å². The van der Waals surface area contributed by atoms with E-state index >= 15 is 0 Å². The molecule has 2 amide bonds. The van der Waals surface area contributed by atoms with Gasteiger partial charge in [-0.25, -0.2) is 10.2 Å². The van der Waals surface area contributed by atoms with Crippen LogP contribution < -0.4 is 25.0 Å². The number of amides is 2. The maximum absolute atomic E-state index is 12.9. The summed E-state index contributed by atoms with van der Waals surface area (Å²) >= 11 is 0. The van der Waals surface area contributed by atoms with Gasteiger partial charge in [-0.15, -0.1) is 0 Å². The second kappa shape index (κ2) is 13.6. The monoisotopic (exact) mass is 551 g/mol. The first-order valence-corrected chi connectivity index (χ1v) is 12.8. The zero-order valence-corrected chi connectivity index (χ0v) is 22.8. The number of carbonyl (C=O) groups excluding carboxylic acids is 3. The molecule has 9 heteroatoms. The van der Waals surface area contributed by atoms with Gasteiger partial charge in [-0.3, -0.25) is 9.59 Å². The fraction of sp³-hybridized carbons (Fsp3) is 0.125. The number of rotatable bonds is 10. The molecule has 41 heavy (non-hydrogen) atoms. The van der Waals surface area contributed by atoms with Crippen LogP contribution in [0.5, 0.6) is 17.2 Å². The van der Waals surface area contributed by atoms with Crippen molar-refractivity contribution in [3.63, 3.8) is 0 Å². The number of anilines is 1. The van der Waals surface area contributed by atoms with Crippen LogP contribution in [0.25, 0.3) is 0 Å². The fourth-order valence-electron chi connectivity index (χ4n) is 3.84. The number of carbonyl (C=O) groups is 3. The number of benzene rings is 4. The van der Waals surface area contributed by atoms with Crippen LogP contribution in [0.4, 0.5) is 5.69 Å². The SMILES string of the molecule is CCOc1cc(/C=N\NC(=O)c2ccccc2NC(=O)c2ccc(OC)cc2)ccc1OC(=O)c1cccc(C)c1. The van der Waals surface area contributed by atoms with Crippen molar-refractivity contribution >= 4 is 29.7 Å². The van der Waals surface area contributed by atoms with Crippen LogP contribution in [0, 0.1) is 6.92 Å². The Morgan fingerprint density at radius 1 is 0.829 bits per heavy atom. The maximum Gasteiger partial charge on any atom is 0.343 e. The first-order chi connectivity index (χ1) is 19.9. The Morgan fingerprint density at radius 2 is 1.61 bits per heavy atom. The number of hydrogen-bond acceptors (Lipinski definition) is 7. The van der Waals surface area contributed by atoms with Crippen molar-refractivity contribution in [3.05, 3.63) is 119 Å². The summed E-state index contributed by atoms with van der Waals surface area (Å²) < 4.78 is 16.3. The fourth-order valence-corrected chi connectivity index (χ4v) is 3.84. The summed E-state index contributed by atoms with van der Waals surface area (Å²) in [5.74, 6) is -0.133. The Balaban J connectivity index is 1.43. The van der Waals surface area contributed by atoms with Crippen molar-refractivity contribution < 1.29 is 28.6 Å². The van der Waals surface area contributed by atoms with E-state index in [9.17, 15) is 14.4 Å². The van der Waals surface area contributed by atoms with Crippen LogP contribution in [-0.2, 0) is 0 Å². The number of nitrogens with one attached hydrogen (secondary N) is 2. The number of hydrazone groups is 1. The van der Waals surface area contributed by atoms with Gasteiger partial charge in [-0.05, 0) is 86.1 Å². The smallest absolute Gasteiger partial charge is 0.343 e.